The number of carbonyl (C=O) groups excluding carboxylic acids is 1. The fraction of sp³-hybridized carbons (Fsp3) is 0.500. The Morgan fingerprint density at radius 3 is 2.62 bits per heavy atom. The van der Waals surface area contributed by atoms with Crippen LogP contribution < -0.4 is 9.47 Å². The highest BCUT2D eigenvalue weighted by Crippen LogP contribution is 2.46. The molecule has 2 aromatic rings. The van der Waals surface area contributed by atoms with Crippen molar-refractivity contribution in [2.75, 3.05) is 20.2 Å². The van der Waals surface area contributed by atoms with Crippen molar-refractivity contribution in [2.24, 2.45) is 0 Å². The van der Waals surface area contributed by atoms with Gasteiger partial charge in [-0.15, -0.1) is 0 Å². The summed E-state index contributed by atoms with van der Waals surface area (Å²) in [5.74, 6) is 1.16. The number of hydrogen-bond acceptors (Lipinski definition) is 4. The average Bonchev–Trinajstić information content (AvgIpc) is 2.79. The molecule has 172 valence electrons. The summed E-state index contributed by atoms with van der Waals surface area (Å²) in [5.41, 5.74) is 2.08. The van der Waals surface area contributed by atoms with Gasteiger partial charge in [-0.1, -0.05) is 13.0 Å². The number of methoxy groups -OCH3 is 1. The number of piperidine rings is 1. The van der Waals surface area contributed by atoms with E-state index in [9.17, 15) is 9.18 Å². The first-order chi connectivity index (χ1) is 15.3. The predicted molar refractivity (Wildman–Crippen MR) is 121 cm³/mol. The molecule has 0 aromatic heterocycles. The molecule has 5 nitrogen and oxygen atoms in total. The maximum absolute atomic E-state index is 13.9. The molecule has 0 unspecified atom stereocenters. The Morgan fingerprint density at radius 1 is 1.22 bits per heavy atom. The number of fused-ring (bicyclic) bond motifs is 1. The average molecular weight is 442 g/mol. The van der Waals surface area contributed by atoms with Crippen LogP contribution in [0, 0.1) is 5.82 Å². The maximum atomic E-state index is 13.9. The molecule has 0 bridgehead atoms. The van der Waals surface area contributed by atoms with E-state index < -0.39 is 5.60 Å². The minimum atomic E-state index is -0.412. The molecular weight excluding hydrogens is 409 g/mol. The van der Waals surface area contributed by atoms with Crippen LogP contribution in [0.3, 0.4) is 0 Å². The zero-order valence-corrected chi connectivity index (χ0v) is 19.3. The van der Waals surface area contributed by atoms with Crippen LogP contribution in [0.25, 0.3) is 0 Å². The van der Waals surface area contributed by atoms with Crippen LogP contribution in [-0.4, -0.2) is 42.7 Å². The summed E-state index contributed by atoms with van der Waals surface area (Å²) in [5, 5.41) is 0. The van der Waals surface area contributed by atoms with E-state index in [0.717, 1.165) is 23.3 Å². The Hall–Kier alpha value is -2.60. The van der Waals surface area contributed by atoms with E-state index in [-0.39, 0.29) is 23.9 Å². The van der Waals surface area contributed by atoms with Crippen molar-refractivity contribution >= 4 is 5.91 Å². The Kier molecular flexibility index (Phi) is 6.42. The van der Waals surface area contributed by atoms with E-state index in [1.54, 1.807) is 13.2 Å². The van der Waals surface area contributed by atoms with Crippen molar-refractivity contribution in [1.82, 2.24) is 4.90 Å². The fourth-order valence-corrected chi connectivity index (χ4v) is 4.81. The van der Waals surface area contributed by atoms with E-state index in [2.05, 4.69) is 6.92 Å². The third kappa shape index (κ3) is 4.46. The number of likely N-dealkylation sites (tertiary alicyclic amines) is 1. The molecule has 2 aromatic carbocycles. The molecule has 1 fully saturated rings. The Labute approximate surface area is 189 Å². The highest BCUT2D eigenvalue weighted by Gasteiger charge is 2.44. The molecule has 1 atom stereocenters. The van der Waals surface area contributed by atoms with Crippen molar-refractivity contribution in [3.8, 4) is 11.5 Å². The van der Waals surface area contributed by atoms with Crippen LogP contribution >= 0.6 is 0 Å². The van der Waals surface area contributed by atoms with Gasteiger partial charge in [0.25, 0.3) is 5.91 Å². The van der Waals surface area contributed by atoms with Gasteiger partial charge in [0.1, 0.15) is 22.9 Å². The molecule has 32 heavy (non-hydrogen) atoms. The molecule has 0 radical (unpaired) electrons. The number of amides is 1. The lowest BCUT2D eigenvalue weighted by atomic mass is 9.81. The molecule has 2 aliphatic heterocycles. The van der Waals surface area contributed by atoms with Gasteiger partial charge in [0.05, 0.1) is 19.3 Å². The first-order valence-corrected chi connectivity index (χ1v) is 11.4. The monoisotopic (exact) mass is 441 g/mol. The minimum absolute atomic E-state index is 0.00839. The summed E-state index contributed by atoms with van der Waals surface area (Å²) in [6.07, 6.45) is 2.72. The van der Waals surface area contributed by atoms with Gasteiger partial charge in [0.2, 0.25) is 0 Å². The van der Waals surface area contributed by atoms with Crippen LogP contribution in [0.1, 0.15) is 67.6 Å². The van der Waals surface area contributed by atoms with Gasteiger partial charge in [-0.25, -0.2) is 4.39 Å². The predicted octanol–water partition coefficient (Wildman–Crippen LogP) is 5.32. The van der Waals surface area contributed by atoms with Crippen molar-refractivity contribution < 1.29 is 23.4 Å². The third-order valence-electron chi connectivity index (χ3n) is 6.52. The summed E-state index contributed by atoms with van der Waals surface area (Å²) >= 11 is 0. The van der Waals surface area contributed by atoms with Crippen LogP contribution in [0.4, 0.5) is 4.39 Å². The second-order valence-electron chi connectivity index (χ2n) is 9.02. The lowest BCUT2D eigenvalue weighted by molar-refractivity contribution is -0.0873. The summed E-state index contributed by atoms with van der Waals surface area (Å²) in [4.78, 5) is 15.0. The largest absolute Gasteiger partial charge is 0.496 e. The number of rotatable bonds is 5. The van der Waals surface area contributed by atoms with Gasteiger partial charge >= 0.3 is 0 Å². The van der Waals surface area contributed by atoms with Gasteiger partial charge in [0.15, 0.2) is 0 Å². The molecular formula is C26H32FNO4. The zero-order valence-electron chi connectivity index (χ0n) is 19.3. The number of aryl methyl sites for hydroxylation is 1. The standard InChI is InChI=1S/C26H32FNO4/c1-5-18-6-7-19(14-23(18)30-4)25(29)28-12-10-26(11-13-28)16-24(31-17(2)3)21-15-20(27)8-9-22(21)32-26/h6-9,14-15,17,24H,5,10-13,16H2,1-4H3/t24-/m1/s1. The first kappa shape index (κ1) is 22.6. The van der Waals surface area contributed by atoms with E-state index >= 15 is 0 Å². The van der Waals surface area contributed by atoms with E-state index in [1.807, 2.05) is 36.9 Å². The van der Waals surface area contributed by atoms with E-state index in [4.69, 9.17) is 14.2 Å². The molecule has 0 saturated carbocycles. The molecule has 6 heteroatoms. The summed E-state index contributed by atoms with van der Waals surface area (Å²) in [6, 6.07) is 10.3. The van der Waals surface area contributed by atoms with Gasteiger partial charge in [-0.2, -0.15) is 0 Å². The number of hydrogen-bond donors (Lipinski definition) is 0. The number of halogens is 1. The normalized spacial score (nSPS) is 19.6. The fourth-order valence-electron chi connectivity index (χ4n) is 4.81. The minimum Gasteiger partial charge on any atom is -0.496 e. The first-order valence-electron chi connectivity index (χ1n) is 11.4. The molecule has 2 heterocycles. The van der Waals surface area contributed by atoms with Crippen molar-refractivity contribution in [3.05, 3.63) is 58.9 Å². The summed E-state index contributed by atoms with van der Waals surface area (Å²) < 4.78 is 31.9. The third-order valence-corrected chi connectivity index (χ3v) is 6.52. The second-order valence-corrected chi connectivity index (χ2v) is 9.02. The molecule has 1 amide bonds. The van der Waals surface area contributed by atoms with Gasteiger partial charge in [-0.3, -0.25) is 4.79 Å². The van der Waals surface area contributed by atoms with Gasteiger partial charge < -0.3 is 19.1 Å². The molecule has 0 aliphatic carbocycles. The van der Waals surface area contributed by atoms with E-state index in [0.29, 0.717) is 43.7 Å². The molecule has 2 aliphatic rings. The number of carbonyl (C=O) groups is 1. The van der Waals surface area contributed by atoms with Crippen LogP contribution in [0.15, 0.2) is 36.4 Å². The smallest absolute Gasteiger partial charge is 0.253 e. The van der Waals surface area contributed by atoms with Crippen molar-refractivity contribution in [2.45, 2.75) is 64.3 Å². The number of benzene rings is 2. The second kappa shape index (κ2) is 9.10. The maximum Gasteiger partial charge on any atom is 0.253 e. The summed E-state index contributed by atoms with van der Waals surface area (Å²) in [6.45, 7) is 7.24. The van der Waals surface area contributed by atoms with Crippen LogP contribution in [-0.2, 0) is 11.2 Å². The molecule has 1 spiro atoms. The lowest BCUT2D eigenvalue weighted by Gasteiger charge is -2.47. The highest BCUT2D eigenvalue weighted by atomic mass is 19.1. The SMILES string of the molecule is CCc1ccc(C(=O)N2CCC3(CC2)C[C@@H](OC(C)C)c2cc(F)ccc2O3)cc1OC. The molecule has 4 rings (SSSR count). The van der Waals surface area contributed by atoms with E-state index in [1.165, 1.54) is 12.1 Å². The summed E-state index contributed by atoms with van der Waals surface area (Å²) in [7, 11) is 1.63. The van der Waals surface area contributed by atoms with Crippen molar-refractivity contribution in [3.63, 3.8) is 0 Å². The van der Waals surface area contributed by atoms with Crippen LogP contribution in [0.2, 0.25) is 0 Å². The molecule has 1 saturated heterocycles. The van der Waals surface area contributed by atoms with Crippen molar-refractivity contribution in [1.29, 1.82) is 0 Å². The van der Waals surface area contributed by atoms with Crippen LogP contribution in [0.5, 0.6) is 11.5 Å². The number of ether oxygens (including phenoxy) is 3. The Bertz CT molecular complexity index is 982. The zero-order chi connectivity index (χ0) is 22.9. The molecule has 0 N–H and O–H groups in total. The highest BCUT2D eigenvalue weighted by molar-refractivity contribution is 5.94. The quantitative estimate of drug-likeness (QED) is 0.630. The lowest BCUT2D eigenvalue weighted by Crippen LogP contribution is -2.52. The Morgan fingerprint density at radius 2 is 1.97 bits per heavy atom. The van der Waals surface area contributed by atoms with Gasteiger partial charge in [-0.05, 0) is 56.2 Å². The van der Waals surface area contributed by atoms with Gasteiger partial charge in [0, 0.05) is 43.5 Å². The number of nitrogens with zero attached hydrogens (tertiary/aromatic N) is 1. The Balaban J connectivity index is 1.50. The topological polar surface area (TPSA) is 48.0 Å².